The van der Waals surface area contributed by atoms with Crippen molar-refractivity contribution in [2.24, 2.45) is 5.73 Å². The van der Waals surface area contributed by atoms with Gasteiger partial charge in [0.15, 0.2) is 11.6 Å². The lowest BCUT2D eigenvalue weighted by Crippen LogP contribution is -2.14. The minimum atomic E-state index is -1.31. The monoisotopic (exact) mass is 191 g/mol. The lowest BCUT2D eigenvalue weighted by molar-refractivity contribution is 0.0995. The van der Waals surface area contributed by atoms with E-state index < -0.39 is 23.1 Å². The lowest BCUT2D eigenvalue weighted by atomic mass is 10.2. The Balaban J connectivity index is 3.36. The third-order valence-electron chi connectivity index (χ3n) is 1.30. The molecule has 0 aromatic heterocycles. The van der Waals surface area contributed by atoms with Gasteiger partial charge in [-0.05, 0) is 12.1 Å². The Morgan fingerprint density at radius 1 is 1.33 bits per heavy atom. The normalized spacial score (nSPS) is 9.92. The number of carbonyl (C=O) groups is 1. The van der Waals surface area contributed by atoms with Crippen LogP contribution in [0.5, 0.6) is 0 Å². The molecule has 0 unspecified atom stereocenters. The van der Waals surface area contributed by atoms with Crippen molar-refractivity contribution in [3.63, 3.8) is 0 Å². The zero-order valence-electron chi connectivity index (χ0n) is 5.77. The number of nitrogens with two attached hydrogens (primary N) is 1. The molecule has 0 saturated carbocycles. The average Bonchev–Trinajstić information content (AvgIpc) is 2.00. The van der Waals surface area contributed by atoms with Crippen molar-refractivity contribution in [2.75, 3.05) is 0 Å². The van der Waals surface area contributed by atoms with E-state index in [4.69, 9.17) is 17.3 Å². The van der Waals surface area contributed by atoms with Gasteiger partial charge < -0.3 is 5.73 Å². The van der Waals surface area contributed by atoms with Crippen LogP contribution in [0.1, 0.15) is 10.4 Å². The summed E-state index contributed by atoms with van der Waals surface area (Å²) >= 11 is 5.22. The number of rotatable bonds is 1. The van der Waals surface area contributed by atoms with E-state index in [-0.39, 0.29) is 5.02 Å². The van der Waals surface area contributed by atoms with Crippen molar-refractivity contribution in [2.45, 2.75) is 0 Å². The maximum absolute atomic E-state index is 12.8. The van der Waals surface area contributed by atoms with Crippen LogP contribution in [0, 0.1) is 11.6 Å². The van der Waals surface area contributed by atoms with E-state index in [1.807, 2.05) is 0 Å². The highest BCUT2D eigenvalue weighted by molar-refractivity contribution is 6.30. The number of benzene rings is 1. The molecule has 5 heteroatoms. The highest BCUT2D eigenvalue weighted by atomic mass is 35.5. The first kappa shape index (κ1) is 8.93. The summed E-state index contributed by atoms with van der Waals surface area (Å²) < 4.78 is 25.4. The molecule has 0 saturated heterocycles. The van der Waals surface area contributed by atoms with Gasteiger partial charge in [0.1, 0.15) is 0 Å². The van der Waals surface area contributed by atoms with Gasteiger partial charge in [-0.2, -0.15) is 0 Å². The summed E-state index contributed by atoms with van der Waals surface area (Å²) in [7, 11) is 0. The molecule has 2 N–H and O–H groups in total. The van der Waals surface area contributed by atoms with Gasteiger partial charge >= 0.3 is 0 Å². The molecule has 0 atom stereocenters. The second-order valence-corrected chi connectivity index (χ2v) is 2.49. The van der Waals surface area contributed by atoms with Crippen molar-refractivity contribution in [3.8, 4) is 0 Å². The van der Waals surface area contributed by atoms with Crippen LogP contribution in [0.4, 0.5) is 8.78 Å². The van der Waals surface area contributed by atoms with Gasteiger partial charge in [-0.25, -0.2) is 8.78 Å². The summed E-state index contributed by atoms with van der Waals surface area (Å²) in [6.07, 6.45) is 0. The summed E-state index contributed by atoms with van der Waals surface area (Å²) in [5, 5.41) is -0.377. The SMILES string of the molecule is NC(=O)c1ccc(Cl)c(F)c1F. The molecule has 64 valence electrons. The molecule has 1 amide bonds. The van der Waals surface area contributed by atoms with Crippen LogP contribution in [0.2, 0.25) is 5.02 Å². The summed E-state index contributed by atoms with van der Waals surface area (Å²) in [6, 6.07) is 2.10. The number of hydrogen-bond acceptors (Lipinski definition) is 1. The van der Waals surface area contributed by atoms with Gasteiger partial charge in [-0.15, -0.1) is 0 Å². The van der Waals surface area contributed by atoms with E-state index in [0.29, 0.717) is 0 Å². The van der Waals surface area contributed by atoms with Crippen LogP contribution in [0.25, 0.3) is 0 Å². The standard InChI is InChI=1S/C7H4ClF2NO/c8-4-2-1-3(7(11)12)5(9)6(4)10/h1-2H,(H2,11,12). The molecule has 12 heavy (non-hydrogen) atoms. The molecule has 1 rings (SSSR count). The molecular formula is C7H4ClF2NO. The van der Waals surface area contributed by atoms with Gasteiger partial charge in [0.25, 0.3) is 5.91 Å². The Morgan fingerprint density at radius 2 is 1.92 bits per heavy atom. The van der Waals surface area contributed by atoms with Gasteiger partial charge in [-0.3, -0.25) is 4.79 Å². The minimum absolute atomic E-state index is 0.377. The fourth-order valence-electron chi connectivity index (χ4n) is 0.716. The predicted molar refractivity (Wildman–Crippen MR) is 39.9 cm³/mol. The molecular weight excluding hydrogens is 188 g/mol. The molecule has 1 aromatic rings. The van der Waals surface area contributed by atoms with Gasteiger partial charge in [0.2, 0.25) is 0 Å². The second-order valence-electron chi connectivity index (χ2n) is 2.09. The molecule has 1 aromatic carbocycles. The van der Waals surface area contributed by atoms with E-state index in [1.165, 1.54) is 0 Å². The Bertz CT molecular complexity index is 340. The second kappa shape index (κ2) is 3.06. The zero-order valence-corrected chi connectivity index (χ0v) is 6.53. The van der Waals surface area contributed by atoms with Crippen molar-refractivity contribution in [1.82, 2.24) is 0 Å². The Hall–Kier alpha value is -1.16. The van der Waals surface area contributed by atoms with Gasteiger partial charge in [0.05, 0.1) is 10.6 Å². The summed E-state index contributed by atoms with van der Waals surface area (Å²) in [6.45, 7) is 0. The Labute approximate surface area is 71.9 Å². The first-order chi connectivity index (χ1) is 5.54. The van der Waals surface area contributed by atoms with Gasteiger partial charge in [0, 0.05) is 0 Å². The van der Waals surface area contributed by atoms with Crippen molar-refractivity contribution < 1.29 is 13.6 Å². The highest BCUT2D eigenvalue weighted by Gasteiger charge is 2.14. The molecule has 0 fully saturated rings. The number of halogens is 3. The third kappa shape index (κ3) is 1.38. The predicted octanol–water partition coefficient (Wildman–Crippen LogP) is 1.72. The molecule has 0 aliphatic heterocycles. The largest absolute Gasteiger partial charge is 0.366 e. The number of hydrogen-bond donors (Lipinski definition) is 1. The zero-order chi connectivity index (χ0) is 9.30. The van der Waals surface area contributed by atoms with Crippen LogP contribution in [0.15, 0.2) is 12.1 Å². The van der Waals surface area contributed by atoms with E-state index in [2.05, 4.69) is 0 Å². The topological polar surface area (TPSA) is 43.1 Å². The van der Waals surface area contributed by atoms with Crippen LogP contribution in [0.3, 0.4) is 0 Å². The molecule has 0 heterocycles. The highest BCUT2D eigenvalue weighted by Crippen LogP contribution is 2.19. The number of amides is 1. The first-order valence-electron chi connectivity index (χ1n) is 2.97. The van der Waals surface area contributed by atoms with Crippen molar-refractivity contribution >= 4 is 17.5 Å². The van der Waals surface area contributed by atoms with Crippen LogP contribution >= 0.6 is 11.6 Å². The van der Waals surface area contributed by atoms with Crippen LogP contribution in [-0.4, -0.2) is 5.91 Å². The summed E-state index contributed by atoms with van der Waals surface area (Å²) in [5.74, 6) is -3.59. The minimum Gasteiger partial charge on any atom is -0.366 e. The third-order valence-corrected chi connectivity index (χ3v) is 1.59. The smallest absolute Gasteiger partial charge is 0.251 e. The molecule has 2 nitrogen and oxygen atoms in total. The van der Waals surface area contributed by atoms with Crippen LogP contribution < -0.4 is 5.73 Å². The lowest BCUT2D eigenvalue weighted by Gasteiger charge is -1.99. The van der Waals surface area contributed by atoms with Crippen molar-refractivity contribution in [3.05, 3.63) is 34.4 Å². The number of primary amides is 1. The quantitative estimate of drug-likeness (QED) is 0.675. The van der Waals surface area contributed by atoms with Crippen molar-refractivity contribution in [1.29, 1.82) is 0 Å². The maximum Gasteiger partial charge on any atom is 0.251 e. The fraction of sp³-hybridized carbons (Fsp3) is 0. The molecule has 0 bridgehead atoms. The molecule has 0 aliphatic rings. The Kier molecular flexibility index (Phi) is 2.28. The summed E-state index contributed by atoms with van der Waals surface area (Å²) in [4.78, 5) is 10.5. The molecule has 0 aliphatic carbocycles. The molecule has 0 radical (unpaired) electrons. The Morgan fingerprint density at radius 3 is 2.42 bits per heavy atom. The average molecular weight is 192 g/mol. The van der Waals surface area contributed by atoms with Crippen LogP contribution in [-0.2, 0) is 0 Å². The van der Waals surface area contributed by atoms with E-state index in [0.717, 1.165) is 12.1 Å². The fourth-order valence-corrected chi connectivity index (χ4v) is 0.862. The van der Waals surface area contributed by atoms with E-state index in [9.17, 15) is 13.6 Å². The van der Waals surface area contributed by atoms with E-state index >= 15 is 0 Å². The summed E-state index contributed by atoms with van der Waals surface area (Å²) in [5.41, 5.74) is 4.24. The van der Waals surface area contributed by atoms with Gasteiger partial charge in [-0.1, -0.05) is 11.6 Å². The molecule has 0 spiro atoms. The maximum atomic E-state index is 12.8. The van der Waals surface area contributed by atoms with E-state index in [1.54, 1.807) is 0 Å². The number of carbonyl (C=O) groups excluding carboxylic acids is 1. The first-order valence-corrected chi connectivity index (χ1v) is 3.35.